The van der Waals surface area contributed by atoms with Crippen molar-refractivity contribution in [2.75, 3.05) is 13.1 Å². The standard InChI is InChI=1S/C13H16N2O2/c16-11-3-1-9(2-4-11)5-6-15-8-10-7-12(14-10)13(15)17/h1-4,10,12,14,16H,5-8H2. The van der Waals surface area contributed by atoms with E-state index >= 15 is 0 Å². The molecular formula is C13H16N2O2. The van der Waals surface area contributed by atoms with Gasteiger partial charge >= 0.3 is 0 Å². The molecule has 0 spiro atoms. The maximum atomic E-state index is 11.9. The minimum absolute atomic E-state index is 0.0774. The van der Waals surface area contributed by atoms with Crippen LogP contribution in [-0.2, 0) is 11.2 Å². The largest absolute Gasteiger partial charge is 0.508 e. The fraction of sp³-hybridized carbons (Fsp3) is 0.462. The number of carbonyl (C=O) groups excluding carboxylic acids is 1. The fourth-order valence-corrected chi connectivity index (χ4v) is 2.55. The van der Waals surface area contributed by atoms with Gasteiger partial charge in [-0.05, 0) is 30.5 Å². The predicted octanol–water partition coefficient (Wildman–Crippen LogP) is 0.507. The highest BCUT2D eigenvalue weighted by molar-refractivity contribution is 5.84. The van der Waals surface area contributed by atoms with E-state index in [1.165, 1.54) is 0 Å². The minimum atomic E-state index is 0.0774. The van der Waals surface area contributed by atoms with Crippen molar-refractivity contribution in [3.8, 4) is 5.75 Å². The molecule has 4 rings (SSSR count). The molecule has 3 aliphatic heterocycles. The van der Waals surface area contributed by atoms with Crippen LogP contribution in [0.2, 0.25) is 0 Å². The van der Waals surface area contributed by atoms with Gasteiger partial charge in [0, 0.05) is 19.1 Å². The summed E-state index contributed by atoms with van der Waals surface area (Å²) >= 11 is 0. The highest BCUT2D eigenvalue weighted by atomic mass is 16.3. The zero-order valence-electron chi connectivity index (χ0n) is 9.60. The lowest BCUT2D eigenvalue weighted by Gasteiger charge is -2.47. The third-order valence-electron chi connectivity index (χ3n) is 3.61. The van der Waals surface area contributed by atoms with Crippen molar-refractivity contribution in [1.29, 1.82) is 0 Å². The molecule has 3 heterocycles. The van der Waals surface area contributed by atoms with Crippen molar-refractivity contribution >= 4 is 5.91 Å². The van der Waals surface area contributed by atoms with Gasteiger partial charge in [0.25, 0.3) is 0 Å². The van der Waals surface area contributed by atoms with Crippen molar-refractivity contribution in [3.63, 3.8) is 0 Å². The molecule has 3 aliphatic rings. The fourth-order valence-electron chi connectivity index (χ4n) is 2.55. The van der Waals surface area contributed by atoms with Gasteiger partial charge in [-0.1, -0.05) is 12.1 Å². The number of aromatic hydroxyl groups is 1. The Morgan fingerprint density at radius 1 is 1.35 bits per heavy atom. The Kier molecular flexibility index (Phi) is 2.52. The number of hydrogen-bond donors (Lipinski definition) is 2. The second kappa shape index (κ2) is 4.04. The molecule has 0 aromatic heterocycles. The molecule has 0 aliphatic carbocycles. The van der Waals surface area contributed by atoms with E-state index in [0.29, 0.717) is 6.04 Å². The summed E-state index contributed by atoms with van der Waals surface area (Å²) in [4.78, 5) is 13.8. The average molecular weight is 232 g/mol. The minimum Gasteiger partial charge on any atom is -0.508 e. The Morgan fingerprint density at radius 3 is 2.71 bits per heavy atom. The molecule has 1 aromatic rings. The van der Waals surface area contributed by atoms with Crippen LogP contribution in [0.25, 0.3) is 0 Å². The van der Waals surface area contributed by atoms with Crippen molar-refractivity contribution in [2.24, 2.45) is 0 Å². The van der Waals surface area contributed by atoms with Crippen LogP contribution in [0.15, 0.2) is 24.3 Å². The molecule has 3 fully saturated rings. The number of amides is 1. The van der Waals surface area contributed by atoms with Crippen LogP contribution in [0, 0.1) is 0 Å². The molecule has 0 radical (unpaired) electrons. The molecule has 4 heteroatoms. The summed E-state index contributed by atoms with van der Waals surface area (Å²) in [5.74, 6) is 0.527. The quantitative estimate of drug-likeness (QED) is 0.798. The summed E-state index contributed by atoms with van der Waals surface area (Å²) < 4.78 is 0. The van der Waals surface area contributed by atoms with Crippen LogP contribution >= 0.6 is 0 Å². The number of phenolic OH excluding ortho intramolecular Hbond substituents is 1. The predicted molar refractivity (Wildman–Crippen MR) is 63.7 cm³/mol. The SMILES string of the molecule is O=C1C2CC(CN1CCc1ccc(O)cc1)N2. The van der Waals surface area contributed by atoms with Gasteiger partial charge in [0.1, 0.15) is 5.75 Å². The number of phenols is 1. The average Bonchev–Trinajstić information content (AvgIpc) is 2.28. The molecule has 2 unspecified atom stereocenters. The second-order valence-corrected chi connectivity index (χ2v) is 4.85. The number of nitrogens with one attached hydrogen (secondary N) is 1. The number of nitrogens with zero attached hydrogens (tertiary/aromatic N) is 1. The number of fused-ring (bicyclic) bond motifs is 2. The number of rotatable bonds is 3. The van der Waals surface area contributed by atoms with Crippen LogP contribution in [0.5, 0.6) is 5.75 Å². The summed E-state index contributed by atoms with van der Waals surface area (Å²) in [6.45, 7) is 1.62. The Labute approximate surface area is 100 Å². The summed E-state index contributed by atoms with van der Waals surface area (Å²) in [7, 11) is 0. The van der Waals surface area contributed by atoms with Crippen molar-refractivity contribution < 1.29 is 9.90 Å². The zero-order valence-corrected chi connectivity index (χ0v) is 9.60. The van der Waals surface area contributed by atoms with Crippen LogP contribution < -0.4 is 5.32 Å². The van der Waals surface area contributed by atoms with Gasteiger partial charge in [-0.15, -0.1) is 0 Å². The molecule has 2 N–H and O–H groups in total. The molecule has 2 atom stereocenters. The monoisotopic (exact) mass is 232 g/mol. The Bertz CT molecular complexity index is 424. The van der Waals surface area contributed by atoms with Crippen molar-refractivity contribution in [2.45, 2.75) is 24.9 Å². The van der Waals surface area contributed by atoms with Crippen molar-refractivity contribution in [1.82, 2.24) is 10.2 Å². The van der Waals surface area contributed by atoms with Gasteiger partial charge in [-0.3, -0.25) is 4.79 Å². The van der Waals surface area contributed by atoms with E-state index in [4.69, 9.17) is 0 Å². The van der Waals surface area contributed by atoms with Gasteiger partial charge in [0.05, 0.1) is 6.04 Å². The van der Waals surface area contributed by atoms with Crippen LogP contribution in [-0.4, -0.2) is 41.1 Å². The molecule has 2 bridgehead atoms. The number of piperidine rings is 1. The highest BCUT2D eigenvalue weighted by Crippen LogP contribution is 2.22. The van der Waals surface area contributed by atoms with Gasteiger partial charge in [-0.2, -0.15) is 0 Å². The zero-order chi connectivity index (χ0) is 11.8. The molecule has 1 aromatic carbocycles. The molecule has 0 saturated carbocycles. The number of carbonyl (C=O) groups is 1. The first kappa shape index (κ1) is 10.6. The normalized spacial score (nSPS) is 26.8. The topological polar surface area (TPSA) is 52.6 Å². The van der Waals surface area contributed by atoms with E-state index in [1.807, 2.05) is 17.0 Å². The first-order chi connectivity index (χ1) is 8.22. The summed E-state index contributed by atoms with van der Waals surface area (Å²) in [5.41, 5.74) is 1.16. The first-order valence-electron chi connectivity index (χ1n) is 6.05. The Balaban J connectivity index is 1.57. The number of piperazine rings is 1. The molecule has 1 amide bonds. The number of benzene rings is 1. The first-order valence-corrected chi connectivity index (χ1v) is 6.05. The summed E-state index contributed by atoms with van der Waals surface area (Å²) in [6, 6.07) is 7.77. The van der Waals surface area contributed by atoms with E-state index in [-0.39, 0.29) is 17.7 Å². The maximum Gasteiger partial charge on any atom is 0.239 e. The number of hydrogen-bond acceptors (Lipinski definition) is 3. The summed E-state index contributed by atoms with van der Waals surface area (Å²) in [6.07, 6.45) is 1.86. The Hall–Kier alpha value is -1.55. The van der Waals surface area contributed by atoms with Gasteiger partial charge in [0.15, 0.2) is 0 Å². The smallest absolute Gasteiger partial charge is 0.239 e. The maximum absolute atomic E-state index is 11.9. The van der Waals surface area contributed by atoms with E-state index in [1.54, 1.807) is 12.1 Å². The third-order valence-corrected chi connectivity index (χ3v) is 3.61. The second-order valence-electron chi connectivity index (χ2n) is 4.85. The van der Waals surface area contributed by atoms with Gasteiger partial charge < -0.3 is 15.3 Å². The lowest BCUT2D eigenvalue weighted by atomic mass is 9.90. The third kappa shape index (κ3) is 2.00. The van der Waals surface area contributed by atoms with E-state index in [2.05, 4.69) is 5.32 Å². The molecule has 17 heavy (non-hydrogen) atoms. The van der Waals surface area contributed by atoms with E-state index in [0.717, 1.165) is 31.5 Å². The van der Waals surface area contributed by atoms with Crippen LogP contribution in [0.4, 0.5) is 0 Å². The van der Waals surface area contributed by atoms with Crippen LogP contribution in [0.3, 0.4) is 0 Å². The lowest BCUT2D eigenvalue weighted by Crippen LogP contribution is -2.69. The molecule has 3 saturated heterocycles. The van der Waals surface area contributed by atoms with Crippen molar-refractivity contribution in [3.05, 3.63) is 29.8 Å². The lowest BCUT2D eigenvalue weighted by molar-refractivity contribution is -0.142. The molecule has 4 nitrogen and oxygen atoms in total. The van der Waals surface area contributed by atoms with Crippen LogP contribution in [0.1, 0.15) is 12.0 Å². The molecule has 90 valence electrons. The van der Waals surface area contributed by atoms with Gasteiger partial charge in [0.2, 0.25) is 5.91 Å². The van der Waals surface area contributed by atoms with E-state index in [9.17, 15) is 9.90 Å². The van der Waals surface area contributed by atoms with E-state index < -0.39 is 0 Å². The highest BCUT2D eigenvalue weighted by Gasteiger charge is 2.42. The molecular weight excluding hydrogens is 216 g/mol. The Morgan fingerprint density at radius 2 is 2.06 bits per heavy atom. The van der Waals surface area contributed by atoms with Gasteiger partial charge in [-0.25, -0.2) is 0 Å². The summed E-state index contributed by atoms with van der Waals surface area (Å²) in [5, 5.41) is 12.4.